The number of benzene rings is 2. The number of rotatable bonds is 4. The minimum Gasteiger partial charge on any atom is -0.426 e. The van der Waals surface area contributed by atoms with E-state index < -0.39 is 5.63 Å². The molecule has 0 atom stereocenters. The number of carbonyl (C=O) groups is 1. The highest BCUT2D eigenvalue weighted by Gasteiger charge is 2.13. The van der Waals surface area contributed by atoms with Crippen molar-refractivity contribution in [2.24, 2.45) is 0 Å². The van der Waals surface area contributed by atoms with Crippen LogP contribution in [0.1, 0.15) is 19.8 Å². The van der Waals surface area contributed by atoms with Crippen molar-refractivity contribution in [1.29, 1.82) is 0 Å². The molecule has 0 aliphatic rings. The summed E-state index contributed by atoms with van der Waals surface area (Å²) >= 11 is 1.45. The third-order valence-electron chi connectivity index (χ3n) is 3.92. The van der Waals surface area contributed by atoms with Gasteiger partial charge in [0.1, 0.15) is 16.3 Å². The van der Waals surface area contributed by atoms with Crippen LogP contribution in [0.5, 0.6) is 5.75 Å². The van der Waals surface area contributed by atoms with Crippen LogP contribution in [-0.2, 0) is 4.79 Å². The van der Waals surface area contributed by atoms with Crippen LogP contribution in [0.4, 0.5) is 0 Å². The van der Waals surface area contributed by atoms with Gasteiger partial charge in [0, 0.05) is 17.9 Å². The number of hydrogen-bond acceptors (Lipinski definition) is 6. The molecule has 0 spiro atoms. The molecule has 0 bridgehead atoms. The summed E-state index contributed by atoms with van der Waals surface area (Å²) in [5.41, 5.74) is 1.19. The topological polar surface area (TPSA) is 69.4 Å². The molecule has 4 rings (SSSR count). The van der Waals surface area contributed by atoms with E-state index in [1.807, 2.05) is 31.2 Å². The van der Waals surface area contributed by atoms with E-state index in [4.69, 9.17) is 9.15 Å². The molecule has 2 heterocycles. The van der Waals surface area contributed by atoms with Crippen molar-refractivity contribution >= 4 is 38.5 Å². The second kappa shape index (κ2) is 6.72. The van der Waals surface area contributed by atoms with Crippen LogP contribution in [0.3, 0.4) is 0 Å². The molecule has 0 unspecified atom stereocenters. The average molecular weight is 365 g/mol. The average Bonchev–Trinajstić information content (AvgIpc) is 3.05. The van der Waals surface area contributed by atoms with Crippen molar-refractivity contribution < 1.29 is 13.9 Å². The lowest BCUT2D eigenvalue weighted by Crippen LogP contribution is -2.07. The monoisotopic (exact) mass is 365 g/mol. The quantitative estimate of drug-likeness (QED) is 0.296. The van der Waals surface area contributed by atoms with Crippen LogP contribution in [0.15, 0.2) is 57.7 Å². The van der Waals surface area contributed by atoms with Crippen LogP contribution in [0.2, 0.25) is 0 Å². The van der Waals surface area contributed by atoms with E-state index in [2.05, 4.69) is 4.98 Å². The van der Waals surface area contributed by atoms with Gasteiger partial charge in [-0.05, 0) is 36.8 Å². The first-order valence-electron chi connectivity index (χ1n) is 8.28. The smallest absolute Gasteiger partial charge is 0.346 e. The van der Waals surface area contributed by atoms with Crippen molar-refractivity contribution in [1.82, 2.24) is 4.98 Å². The second-order valence-corrected chi connectivity index (χ2v) is 6.89. The first-order valence-corrected chi connectivity index (χ1v) is 9.10. The van der Waals surface area contributed by atoms with Crippen LogP contribution in [0, 0.1) is 0 Å². The van der Waals surface area contributed by atoms with Crippen LogP contribution in [-0.4, -0.2) is 11.0 Å². The molecule has 0 saturated heterocycles. The number of hydrogen-bond donors (Lipinski definition) is 0. The molecule has 2 aromatic carbocycles. The second-order valence-electron chi connectivity index (χ2n) is 5.86. The molecule has 0 aliphatic carbocycles. The van der Waals surface area contributed by atoms with E-state index in [-0.39, 0.29) is 5.97 Å². The van der Waals surface area contributed by atoms with Gasteiger partial charge in [0.2, 0.25) is 0 Å². The Bertz CT molecular complexity index is 1140. The molecule has 0 radical (unpaired) electrons. The molecular weight excluding hydrogens is 350 g/mol. The molecule has 0 N–H and O–H groups in total. The fraction of sp³-hybridized carbons (Fsp3) is 0.150. The number of ether oxygens (including phenoxy) is 1. The van der Waals surface area contributed by atoms with Gasteiger partial charge in [-0.1, -0.05) is 19.1 Å². The van der Waals surface area contributed by atoms with Crippen LogP contribution in [0.25, 0.3) is 31.8 Å². The number of esters is 1. The van der Waals surface area contributed by atoms with Gasteiger partial charge in [-0.2, -0.15) is 0 Å². The van der Waals surface area contributed by atoms with E-state index in [1.54, 1.807) is 24.3 Å². The maximum atomic E-state index is 12.4. The molecule has 2 aromatic heterocycles. The molecule has 0 amide bonds. The first kappa shape index (κ1) is 16.5. The largest absolute Gasteiger partial charge is 0.426 e. The Balaban J connectivity index is 1.74. The van der Waals surface area contributed by atoms with E-state index in [0.717, 1.165) is 15.6 Å². The molecule has 26 heavy (non-hydrogen) atoms. The zero-order valence-electron chi connectivity index (χ0n) is 14.0. The van der Waals surface area contributed by atoms with Gasteiger partial charge in [-0.3, -0.25) is 4.79 Å². The highest BCUT2D eigenvalue weighted by atomic mass is 32.1. The minimum atomic E-state index is -0.464. The highest BCUT2D eigenvalue weighted by molar-refractivity contribution is 7.21. The molecule has 130 valence electrons. The predicted molar refractivity (Wildman–Crippen MR) is 102 cm³/mol. The normalized spacial score (nSPS) is 11.1. The van der Waals surface area contributed by atoms with Crippen molar-refractivity contribution in [3.63, 3.8) is 0 Å². The zero-order chi connectivity index (χ0) is 18.1. The van der Waals surface area contributed by atoms with Gasteiger partial charge in [0.05, 0.1) is 15.8 Å². The Labute approximate surface area is 152 Å². The van der Waals surface area contributed by atoms with E-state index in [9.17, 15) is 9.59 Å². The fourth-order valence-corrected chi connectivity index (χ4v) is 3.65. The van der Waals surface area contributed by atoms with Crippen molar-refractivity contribution in [2.45, 2.75) is 19.8 Å². The predicted octanol–water partition coefficient (Wildman–Crippen LogP) is 4.78. The van der Waals surface area contributed by atoms with Crippen molar-refractivity contribution in [2.75, 3.05) is 0 Å². The summed E-state index contributed by atoms with van der Waals surface area (Å²) < 4.78 is 11.7. The Kier molecular flexibility index (Phi) is 4.26. The van der Waals surface area contributed by atoms with Crippen molar-refractivity contribution in [3.8, 4) is 16.3 Å². The number of thiazole rings is 1. The van der Waals surface area contributed by atoms with Crippen molar-refractivity contribution in [3.05, 3.63) is 59.0 Å². The SMILES string of the molecule is CCCC(=O)Oc1ccc2cc(-c3nc4ccccc4s3)c(=O)oc2c1. The standard InChI is InChI=1S/C20H15NO4S/c1-2-5-18(22)24-13-9-8-12-10-14(20(23)25-16(12)11-13)19-21-15-6-3-4-7-17(15)26-19/h3-4,6-11H,2,5H2,1H3. The molecule has 6 heteroatoms. The first-order chi connectivity index (χ1) is 12.6. The third kappa shape index (κ3) is 3.11. The van der Waals surface area contributed by atoms with E-state index in [1.165, 1.54) is 11.3 Å². The minimum absolute atomic E-state index is 0.305. The Morgan fingerprint density at radius 2 is 2.04 bits per heavy atom. The molecule has 0 fully saturated rings. The lowest BCUT2D eigenvalue weighted by atomic mass is 10.2. The highest BCUT2D eigenvalue weighted by Crippen LogP contribution is 2.30. The summed E-state index contributed by atoms with van der Waals surface area (Å²) in [6.07, 6.45) is 1.06. The Morgan fingerprint density at radius 1 is 1.19 bits per heavy atom. The van der Waals surface area contributed by atoms with Gasteiger partial charge in [-0.25, -0.2) is 9.78 Å². The summed E-state index contributed by atoms with van der Waals surface area (Å²) in [6, 6.07) is 14.5. The van der Waals surface area contributed by atoms with Crippen LogP contribution < -0.4 is 10.4 Å². The maximum Gasteiger partial charge on any atom is 0.346 e. The molecule has 0 aliphatic heterocycles. The summed E-state index contributed by atoms with van der Waals surface area (Å²) in [6.45, 7) is 1.91. The molecule has 4 aromatic rings. The van der Waals surface area contributed by atoms with Gasteiger partial charge in [-0.15, -0.1) is 11.3 Å². The maximum absolute atomic E-state index is 12.4. The lowest BCUT2D eigenvalue weighted by Gasteiger charge is -2.05. The lowest BCUT2D eigenvalue weighted by molar-refractivity contribution is -0.134. The Hall–Kier alpha value is -2.99. The summed E-state index contributed by atoms with van der Waals surface area (Å²) in [5, 5.41) is 1.37. The molecular formula is C20H15NO4S. The van der Waals surface area contributed by atoms with E-state index >= 15 is 0 Å². The molecule has 0 saturated carbocycles. The number of carbonyl (C=O) groups excluding carboxylic acids is 1. The number of fused-ring (bicyclic) bond motifs is 2. The number of aromatic nitrogens is 1. The van der Waals surface area contributed by atoms with Gasteiger partial charge < -0.3 is 9.15 Å². The number of para-hydroxylation sites is 1. The van der Waals surface area contributed by atoms with Gasteiger partial charge in [0.15, 0.2) is 0 Å². The fourth-order valence-electron chi connectivity index (χ4n) is 2.68. The number of nitrogens with zero attached hydrogens (tertiary/aromatic N) is 1. The third-order valence-corrected chi connectivity index (χ3v) is 4.99. The van der Waals surface area contributed by atoms with Crippen LogP contribution >= 0.6 is 11.3 Å². The summed E-state index contributed by atoms with van der Waals surface area (Å²) in [7, 11) is 0. The Morgan fingerprint density at radius 3 is 2.85 bits per heavy atom. The zero-order valence-corrected chi connectivity index (χ0v) is 14.8. The summed E-state index contributed by atoms with van der Waals surface area (Å²) in [5.74, 6) is 0.0622. The molecule has 5 nitrogen and oxygen atoms in total. The van der Waals surface area contributed by atoms with Gasteiger partial charge in [0.25, 0.3) is 0 Å². The summed E-state index contributed by atoms with van der Waals surface area (Å²) in [4.78, 5) is 28.6. The van der Waals surface area contributed by atoms with E-state index in [0.29, 0.717) is 34.7 Å². The van der Waals surface area contributed by atoms with Gasteiger partial charge >= 0.3 is 11.6 Å².